The molecule has 2 N–H and O–H groups in total. The summed E-state index contributed by atoms with van der Waals surface area (Å²) >= 11 is 0. The van der Waals surface area contributed by atoms with Gasteiger partial charge in [0.25, 0.3) is 0 Å². The van der Waals surface area contributed by atoms with Crippen LogP contribution in [0.1, 0.15) is 26.8 Å². The zero-order valence-electron chi connectivity index (χ0n) is 10.3. The predicted molar refractivity (Wildman–Crippen MR) is 64.3 cm³/mol. The number of aromatic nitrogens is 2. The summed E-state index contributed by atoms with van der Waals surface area (Å²) in [7, 11) is 1.84. The first-order valence-electron chi connectivity index (χ1n) is 5.55. The molecule has 1 aromatic heterocycles. The first-order valence-corrected chi connectivity index (χ1v) is 5.55. The zero-order valence-corrected chi connectivity index (χ0v) is 10.3. The Morgan fingerprint density at radius 2 is 2.19 bits per heavy atom. The van der Waals surface area contributed by atoms with Crippen molar-refractivity contribution < 1.29 is 4.79 Å². The van der Waals surface area contributed by atoms with Gasteiger partial charge in [0.05, 0.1) is 6.20 Å². The smallest absolute Gasteiger partial charge is 0.229 e. The van der Waals surface area contributed by atoms with E-state index in [1.165, 1.54) is 0 Å². The second-order valence-corrected chi connectivity index (χ2v) is 4.20. The zero-order chi connectivity index (χ0) is 12.1. The molecule has 0 saturated carbocycles. The summed E-state index contributed by atoms with van der Waals surface area (Å²) in [5, 5.41) is 10.0. The second-order valence-electron chi connectivity index (χ2n) is 4.20. The van der Waals surface area contributed by atoms with Crippen LogP contribution in [0.25, 0.3) is 0 Å². The van der Waals surface area contributed by atoms with E-state index in [9.17, 15) is 4.79 Å². The van der Waals surface area contributed by atoms with Crippen LogP contribution in [-0.2, 0) is 4.79 Å². The molecule has 0 spiro atoms. The summed E-state index contributed by atoms with van der Waals surface area (Å²) in [5.41, 5.74) is 0. The lowest BCUT2D eigenvalue weighted by Gasteiger charge is -2.14. The number of hydrogen-bond acceptors (Lipinski definition) is 3. The monoisotopic (exact) mass is 224 g/mol. The van der Waals surface area contributed by atoms with Crippen LogP contribution in [0.15, 0.2) is 12.3 Å². The minimum atomic E-state index is -0.0551. The number of anilines is 1. The molecular weight excluding hydrogens is 204 g/mol. The highest BCUT2D eigenvalue weighted by molar-refractivity contribution is 5.91. The van der Waals surface area contributed by atoms with Crippen molar-refractivity contribution in [2.45, 2.75) is 26.8 Å². The van der Waals surface area contributed by atoms with Crippen molar-refractivity contribution in [2.24, 2.45) is 5.92 Å². The Labute approximate surface area is 96.2 Å². The summed E-state index contributed by atoms with van der Waals surface area (Å²) in [6.07, 6.45) is 1.69. The average Bonchev–Trinajstić information content (AvgIpc) is 2.66. The van der Waals surface area contributed by atoms with Gasteiger partial charge in [-0.25, -0.2) is 4.68 Å². The van der Waals surface area contributed by atoms with Crippen LogP contribution in [0.2, 0.25) is 0 Å². The molecular formula is C11H20N4O. The summed E-state index contributed by atoms with van der Waals surface area (Å²) in [5.74, 6) is 0.709. The summed E-state index contributed by atoms with van der Waals surface area (Å²) < 4.78 is 1.80. The largest absolute Gasteiger partial charge is 0.319 e. The molecule has 0 radical (unpaired) electrons. The first kappa shape index (κ1) is 12.7. The molecule has 5 nitrogen and oxygen atoms in total. The number of hydrogen-bond donors (Lipinski definition) is 2. The Kier molecular flexibility index (Phi) is 4.49. The van der Waals surface area contributed by atoms with Crippen LogP contribution in [0, 0.1) is 5.92 Å². The topological polar surface area (TPSA) is 59.0 Å². The van der Waals surface area contributed by atoms with E-state index in [1.807, 2.05) is 33.9 Å². The van der Waals surface area contributed by atoms with E-state index in [1.54, 1.807) is 10.9 Å². The number of amides is 1. The SMILES string of the molecule is CNCC(C)C(=O)Nc1ccnn1C(C)C. The van der Waals surface area contributed by atoms with E-state index in [0.717, 1.165) is 5.82 Å². The fourth-order valence-electron chi connectivity index (χ4n) is 1.47. The van der Waals surface area contributed by atoms with Crippen LogP contribution in [0.5, 0.6) is 0 Å². The standard InChI is InChI=1S/C11H20N4O/c1-8(2)15-10(5-6-13-15)14-11(16)9(3)7-12-4/h5-6,8-9,12H,7H2,1-4H3,(H,14,16). The molecule has 0 aromatic carbocycles. The Bertz CT molecular complexity index is 346. The Morgan fingerprint density at radius 3 is 2.75 bits per heavy atom. The van der Waals surface area contributed by atoms with Crippen molar-refractivity contribution in [3.8, 4) is 0 Å². The fourth-order valence-corrected chi connectivity index (χ4v) is 1.47. The van der Waals surface area contributed by atoms with E-state index in [2.05, 4.69) is 15.7 Å². The van der Waals surface area contributed by atoms with Crippen molar-refractivity contribution >= 4 is 11.7 Å². The normalized spacial score (nSPS) is 12.8. The molecule has 0 bridgehead atoms. The molecule has 1 heterocycles. The average molecular weight is 224 g/mol. The maximum Gasteiger partial charge on any atom is 0.229 e. The van der Waals surface area contributed by atoms with Gasteiger partial charge in [0.15, 0.2) is 0 Å². The molecule has 0 fully saturated rings. The number of carbonyl (C=O) groups excluding carboxylic acids is 1. The molecule has 1 amide bonds. The lowest BCUT2D eigenvalue weighted by atomic mass is 10.1. The maximum atomic E-state index is 11.8. The van der Waals surface area contributed by atoms with E-state index >= 15 is 0 Å². The Balaban J connectivity index is 2.66. The summed E-state index contributed by atoms with van der Waals surface area (Å²) in [6, 6.07) is 2.05. The van der Waals surface area contributed by atoms with E-state index in [4.69, 9.17) is 0 Å². The summed E-state index contributed by atoms with van der Waals surface area (Å²) in [4.78, 5) is 11.8. The van der Waals surface area contributed by atoms with Crippen molar-refractivity contribution in [3.05, 3.63) is 12.3 Å². The Hall–Kier alpha value is -1.36. The van der Waals surface area contributed by atoms with Gasteiger partial charge < -0.3 is 10.6 Å². The highest BCUT2D eigenvalue weighted by atomic mass is 16.2. The number of rotatable bonds is 5. The van der Waals surface area contributed by atoms with Gasteiger partial charge in [0.1, 0.15) is 5.82 Å². The molecule has 90 valence electrons. The quantitative estimate of drug-likeness (QED) is 0.791. The van der Waals surface area contributed by atoms with Gasteiger partial charge in [-0.3, -0.25) is 4.79 Å². The van der Waals surface area contributed by atoms with E-state index in [-0.39, 0.29) is 17.9 Å². The highest BCUT2D eigenvalue weighted by Gasteiger charge is 2.14. The van der Waals surface area contributed by atoms with Crippen LogP contribution in [0.4, 0.5) is 5.82 Å². The van der Waals surface area contributed by atoms with Crippen LogP contribution in [0.3, 0.4) is 0 Å². The minimum absolute atomic E-state index is 0.0109. The molecule has 1 rings (SSSR count). The van der Waals surface area contributed by atoms with Crippen LogP contribution < -0.4 is 10.6 Å². The molecule has 0 saturated heterocycles. The highest BCUT2D eigenvalue weighted by Crippen LogP contribution is 2.13. The van der Waals surface area contributed by atoms with E-state index < -0.39 is 0 Å². The second kappa shape index (κ2) is 5.65. The first-order chi connectivity index (χ1) is 7.56. The minimum Gasteiger partial charge on any atom is -0.319 e. The third-order valence-electron chi connectivity index (χ3n) is 2.37. The molecule has 0 aliphatic carbocycles. The maximum absolute atomic E-state index is 11.8. The van der Waals surface area contributed by atoms with Gasteiger partial charge in [0.2, 0.25) is 5.91 Å². The van der Waals surface area contributed by atoms with E-state index in [0.29, 0.717) is 6.54 Å². The van der Waals surface area contributed by atoms with Crippen molar-refractivity contribution in [3.63, 3.8) is 0 Å². The van der Waals surface area contributed by atoms with Crippen LogP contribution >= 0.6 is 0 Å². The van der Waals surface area contributed by atoms with Crippen molar-refractivity contribution in [2.75, 3.05) is 18.9 Å². The lowest BCUT2D eigenvalue weighted by molar-refractivity contribution is -0.119. The molecule has 0 aliphatic heterocycles. The van der Waals surface area contributed by atoms with Gasteiger partial charge in [-0.2, -0.15) is 5.10 Å². The lowest BCUT2D eigenvalue weighted by Crippen LogP contribution is -2.29. The number of carbonyl (C=O) groups is 1. The molecule has 1 unspecified atom stereocenters. The van der Waals surface area contributed by atoms with Gasteiger partial charge in [-0.05, 0) is 20.9 Å². The third-order valence-corrected chi connectivity index (χ3v) is 2.37. The van der Waals surface area contributed by atoms with Gasteiger partial charge in [-0.1, -0.05) is 6.92 Å². The number of nitrogens with zero attached hydrogens (tertiary/aromatic N) is 2. The third kappa shape index (κ3) is 3.06. The molecule has 1 atom stereocenters. The number of nitrogens with one attached hydrogen (secondary N) is 2. The Morgan fingerprint density at radius 1 is 1.50 bits per heavy atom. The van der Waals surface area contributed by atoms with Gasteiger partial charge in [0, 0.05) is 24.6 Å². The fraction of sp³-hybridized carbons (Fsp3) is 0.636. The molecule has 1 aromatic rings. The molecule has 16 heavy (non-hydrogen) atoms. The summed E-state index contributed by atoms with van der Waals surface area (Å²) in [6.45, 7) is 6.61. The van der Waals surface area contributed by atoms with Gasteiger partial charge in [-0.15, -0.1) is 0 Å². The van der Waals surface area contributed by atoms with Crippen molar-refractivity contribution in [1.82, 2.24) is 15.1 Å². The molecule has 0 aliphatic rings. The molecule has 5 heteroatoms. The predicted octanol–water partition coefficient (Wildman–Crippen LogP) is 1.26. The van der Waals surface area contributed by atoms with Crippen molar-refractivity contribution in [1.29, 1.82) is 0 Å². The van der Waals surface area contributed by atoms with Gasteiger partial charge >= 0.3 is 0 Å². The van der Waals surface area contributed by atoms with Crippen LogP contribution in [-0.4, -0.2) is 29.3 Å².